The van der Waals surface area contributed by atoms with Crippen LogP contribution in [-0.4, -0.2) is 0 Å². The van der Waals surface area contributed by atoms with Crippen LogP contribution in [0.3, 0.4) is 0 Å². The predicted octanol–water partition coefficient (Wildman–Crippen LogP) is 8.69. The molecule has 0 heterocycles. The lowest BCUT2D eigenvalue weighted by atomic mass is 10.1. The van der Waals surface area contributed by atoms with Gasteiger partial charge in [0.25, 0.3) is 0 Å². The second kappa shape index (κ2) is 10.1. The van der Waals surface area contributed by atoms with E-state index in [0.29, 0.717) is 0 Å². The van der Waals surface area contributed by atoms with Gasteiger partial charge in [0, 0.05) is 17.1 Å². The number of rotatable bonds is 3. The third kappa shape index (κ3) is 6.33. The highest BCUT2D eigenvalue weighted by Gasteiger charge is 2.11. The van der Waals surface area contributed by atoms with Crippen molar-refractivity contribution in [2.24, 2.45) is 0 Å². The SMILES string of the molecule is Cc1cc(C)cc(C)c1.Cc1ccc(N(c2ccc(C)cc2)c2ccc(C)cc2)cc1. The van der Waals surface area contributed by atoms with Gasteiger partial charge in [0.2, 0.25) is 0 Å². The van der Waals surface area contributed by atoms with Crippen LogP contribution in [0.1, 0.15) is 33.4 Å². The van der Waals surface area contributed by atoms with E-state index in [1.807, 2.05) is 0 Å². The Hall–Kier alpha value is -3.32. The first-order valence-corrected chi connectivity index (χ1v) is 10.9. The van der Waals surface area contributed by atoms with Crippen molar-refractivity contribution >= 4 is 17.1 Å². The number of anilines is 3. The van der Waals surface area contributed by atoms with E-state index >= 15 is 0 Å². The molecule has 31 heavy (non-hydrogen) atoms. The molecule has 0 bridgehead atoms. The topological polar surface area (TPSA) is 3.24 Å². The fourth-order valence-electron chi connectivity index (χ4n) is 3.73. The summed E-state index contributed by atoms with van der Waals surface area (Å²) < 4.78 is 0. The summed E-state index contributed by atoms with van der Waals surface area (Å²) in [4.78, 5) is 2.29. The molecule has 4 rings (SSSR count). The fourth-order valence-corrected chi connectivity index (χ4v) is 3.73. The van der Waals surface area contributed by atoms with Gasteiger partial charge in [0.1, 0.15) is 0 Å². The van der Waals surface area contributed by atoms with Gasteiger partial charge in [-0.2, -0.15) is 0 Å². The van der Waals surface area contributed by atoms with Crippen molar-refractivity contribution in [2.75, 3.05) is 4.90 Å². The first-order chi connectivity index (χ1) is 14.8. The van der Waals surface area contributed by atoms with Gasteiger partial charge in [-0.3, -0.25) is 0 Å². The van der Waals surface area contributed by atoms with Gasteiger partial charge in [0.15, 0.2) is 0 Å². The molecule has 0 aliphatic carbocycles. The third-order valence-electron chi connectivity index (χ3n) is 5.24. The monoisotopic (exact) mass is 407 g/mol. The van der Waals surface area contributed by atoms with Crippen molar-refractivity contribution in [3.63, 3.8) is 0 Å². The normalized spacial score (nSPS) is 10.3. The van der Waals surface area contributed by atoms with Gasteiger partial charge in [-0.15, -0.1) is 0 Å². The summed E-state index contributed by atoms with van der Waals surface area (Å²) in [6.45, 7) is 12.7. The number of hydrogen-bond donors (Lipinski definition) is 0. The zero-order valence-corrected chi connectivity index (χ0v) is 19.6. The minimum absolute atomic E-state index is 1.18. The van der Waals surface area contributed by atoms with Gasteiger partial charge in [-0.05, 0) is 77.9 Å². The lowest BCUT2D eigenvalue weighted by Gasteiger charge is -2.25. The van der Waals surface area contributed by atoms with Gasteiger partial charge >= 0.3 is 0 Å². The smallest absolute Gasteiger partial charge is 0.0461 e. The summed E-state index contributed by atoms with van der Waals surface area (Å²) >= 11 is 0. The first-order valence-electron chi connectivity index (χ1n) is 10.9. The average Bonchev–Trinajstić information content (AvgIpc) is 2.72. The molecular weight excluding hydrogens is 374 g/mol. The van der Waals surface area contributed by atoms with Crippen LogP contribution in [0.5, 0.6) is 0 Å². The number of aryl methyl sites for hydroxylation is 6. The van der Waals surface area contributed by atoms with Crippen LogP contribution >= 0.6 is 0 Å². The zero-order chi connectivity index (χ0) is 22.4. The first kappa shape index (κ1) is 22.4. The van der Waals surface area contributed by atoms with Gasteiger partial charge < -0.3 is 4.90 Å². The van der Waals surface area contributed by atoms with Crippen LogP contribution in [0.2, 0.25) is 0 Å². The fraction of sp³-hybridized carbons (Fsp3) is 0.200. The molecular formula is C30H33N. The van der Waals surface area contributed by atoms with E-state index in [0.717, 1.165) is 0 Å². The molecule has 158 valence electrons. The number of benzene rings is 4. The highest BCUT2D eigenvalue weighted by atomic mass is 15.1. The Morgan fingerprint density at radius 1 is 0.323 bits per heavy atom. The maximum absolute atomic E-state index is 2.29. The zero-order valence-electron chi connectivity index (χ0n) is 19.6. The maximum Gasteiger partial charge on any atom is 0.0461 e. The Kier molecular flexibility index (Phi) is 7.31. The van der Waals surface area contributed by atoms with Crippen molar-refractivity contribution in [2.45, 2.75) is 41.5 Å². The largest absolute Gasteiger partial charge is 0.311 e. The summed E-state index contributed by atoms with van der Waals surface area (Å²) in [5.41, 5.74) is 11.4. The van der Waals surface area contributed by atoms with Gasteiger partial charge in [-0.25, -0.2) is 0 Å². The van der Waals surface area contributed by atoms with E-state index in [9.17, 15) is 0 Å². The van der Waals surface area contributed by atoms with E-state index in [4.69, 9.17) is 0 Å². The standard InChI is InChI=1S/C21H21N.C9H12/c1-16-4-10-19(11-5-16)22(20-12-6-17(2)7-13-20)21-14-8-18(3)9-15-21;1-7-4-8(2)6-9(3)5-7/h4-15H,1-3H3;4-6H,1-3H3. The van der Waals surface area contributed by atoms with E-state index in [2.05, 4.69) is 137 Å². The molecule has 0 saturated carbocycles. The van der Waals surface area contributed by atoms with Crippen molar-refractivity contribution in [1.29, 1.82) is 0 Å². The van der Waals surface area contributed by atoms with Crippen molar-refractivity contribution in [3.05, 3.63) is 124 Å². The Labute approximate surface area is 188 Å². The summed E-state index contributed by atoms with van der Waals surface area (Å²) in [5.74, 6) is 0. The summed E-state index contributed by atoms with van der Waals surface area (Å²) in [7, 11) is 0. The van der Waals surface area contributed by atoms with Crippen LogP contribution in [0.15, 0.2) is 91.0 Å². The Bertz CT molecular complexity index is 946. The molecule has 1 heteroatoms. The van der Waals surface area contributed by atoms with E-state index in [1.54, 1.807) is 0 Å². The molecule has 0 aliphatic rings. The maximum atomic E-state index is 2.29. The second-order valence-corrected chi connectivity index (χ2v) is 8.51. The second-order valence-electron chi connectivity index (χ2n) is 8.51. The van der Waals surface area contributed by atoms with E-state index in [1.165, 1.54) is 50.4 Å². The molecule has 1 nitrogen and oxygen atoms in total. The number of nitrogens with zero attached hydrogens (tertiary/aromatic N) is 1. The Balaban J connectivity index is 0.000000254. The third-order valence-corrected chi connectivity index (χ3v) is 5.24. The molecule has 0 aliphatic heterocycles. The van der Waals surface area contributed by atoms with Crippen LogP contribution in [-0.2, 0) is 0 Å². The van der Waals surface area contributed by atoms with Crippen LogP contribution in [0.4, 0.5) is 17.1 Å². The predicted molar refractivity (Wildman–Crippen MR) is 136 cm³/mol. The van der Waals surface area contributed by atoms with Crippen LogP contribution in [0.25, 0.3) is 0 Å². The van der Waals surface area contributed by atoms with Crippen molar-refractivity contribution in [1.82, 2.24) is 0 Å². The number of hydrogen-bond acceptors (Lipinski definition) is 1. The summed E-state index contributed by atoms with van der Waals surface area (Å²) in [6, 6.07) is 32.6. The minimum atomic E-state index is 1.18. The quantitative estimate of drug-likeness (QED) is 0.328. The van der Waals surface area contributed by atoms with Crippen molar-refractivity contribution < 1.29 is 0 Å². The van der Waals surface area contributed by atoms with Crippen LogP contribution in [0, 0.1) is 41.5 Å². The average molecular weight is 408 g/mol. The lowest BCUT2D eigenvalue weighted by molar-refractivity contribution is 1.26. The van der Waals surface area contributed by atoms with E-state index in [-0.39, 0.29) is 0 Å². The Morgan fingerprint density at radius 3 is 0.774 bits per heavy atom. The van der Waals surface area contributed by atoms with Gasteiger partial charge in [-0.1, -0.05) is 88.0 Å². The molecule has 0 spiro atoms. The van der Waals surface area contributed by atoms with Crippen molar-refractivity contribution in [3.8, 4) is 0 Å². The highest BCUT2D eigenvalue weighted by Crippen LogP contribution is 2.34. The molecule has 0 saturated heterocycles. The molecule has 4 aromatic carbocycles. The molecule has 0 fully saturated rings. The molecule has 0 radical (unpaired) electrons. The van der Waals surface area contributed by atoms with Gasteiger partial charge in [0.05, 0.1) is 0 Å². The minimum Gasteiger partial charge on any atom is -0.311 e. The lowest BCUT2D eigenvalue weighted by Crippen LogP contribution is -2.09. The molecule has 4 aromatic rings. The molecule has 0 unspecified atom stereocenters. The molecule has 0 atom stereocenters. The summed E-state index contributed by atoms with van der Waals surface area (Å²) in [5, 5.41) is 0. The Morgan fingerprint density at radius 2 is 0.548 bits per heavy atom. The molecule has 0 aromatic heterocycles. The van der Waals surface area contributed by atoms with E-state index < -0.39 is 0 Å². The molecule has 0 N–H and O–H groups in total. The van der Waals surface area contributed by atoms with Crippen LogP contribution < -0.4 is 4.90 Å². The molecule has 0 amide bonds. The summed E-state index contributed by atoms with van der Waals surface area (Å²) in [6.07, 6.45) is 0. The highest BCUT2D eigenvalue weighted by molar-refractivity contribution is 5.76.